The van der Waals surface area contributed by atoms with Crippen LogP contribution < -0.4 is 0 Å². The Morgan fingerprint density at radius 2 is 1.00 bits per heavy atom. The lowest BCUT2D eigenvalue weighted by Gasteiger charge is -2.17. The lowest BCUT2D eigenvalue weighted by molar-refractivity contribution is 1.06. The van der Waals surface area contributed by atoms with Crippen LogP contribution >= 0.6 is 11.6 Å². The highest BCUT2D eigenvalue weighted by Gasteiger charge is 2.20. The van der Waals surface area contributed by atoms with E-state index in [1.165, 1.54) is 0 Å². The summed E-state index contributed by atoms with van der Waals surface area (Å²) in [6.07, 6.45) is 9.12. The van der Waals surface area contributed by atoms with E-state index in [2.05, 4.69) is 33.2 Å². The third-order valence-electron chi connectivity index (χ3n) is 7.21. The molecule has 0 atom stereocenters. The molecule has 0 spiro atoms. The van der Waals surface area contributed by atoms with E-state index in [1.807, 2.05) is 91.0 Å². The van der Waals surface area contributed by atoms with Gasteiger partial charge in [-0.2, -0.15) is 0 Å². The molecule has 206 valence electrons. The van der Waals surface area contributed by atoms with E-state index in [1.54, 1.807) is 18.6 Å². The van der Waals surface area contributed by atoms with Crippen LogP contribution in [0.4, 0.5) is 0 Å². The summed E-state index contributed by atoms with van der Waals surface area (Å²) < 4.78 is 0. The fourth-order valence-corrected chi connectivity index (χ4v) is 5.43. The molecule has 7 rings (SSSR count). The third-order valence-corrected chi connectivity index (χ3v) is 7.62. The summed E-state index contributed by atoms with van der Waals surface area (Å²) in [5, 5.41) is 0.567. The first kappa shape index (κ1) is 26.6. The molecule has 0 bridgehead atoms. The molecule has 1 aromatic carbocycles. The number of hydrogen-bond acceptors (Lipinski definition) is 6. The molecular weight excluding hydrogens is 552 g/mol. The molecule has 0 saturated heterocycles. The number of pyridine rings is 5. The highest BCUT2D eigenvalue weighted by atomic mass is 35.5. The Morgan fingerprint density at radius 3 is 1.51 bits per heavy atom. The van der Waals surface area contributed by atoms with E-state index in [0.717, 1.165) is 80.8 Å². The number of halogens is 1. The first-order valence-corrected chi connectivity index (χ1v) is 14.4. The zero-order valence-corrected chi connectivity index (χ0v) is 23.9. The van der Waals surface area contributed by atoms with Gasteiger partial charge in [0.05, 0.1) is 50.6 Å². The molecule has 43 heavy (non-hydrogen) atoms. The van der Waals surface area contributed by atoms with Crippen LogP contribution in [0.3, 0.4) is 0 Å². The first-order valence-electron chi connectivity index (χ1n) is 14.0. The Hall–Kier alpha value is -5.33. The number of nitrogens with zero attached hydrogens (tertiary/aromatic N) is 6. The Bertz CT molecular complexity index is 1870. The van der Waals surface area contributed by atoms with Crippen molar-refractivity contribution in [3.05, 3.63) is 144 Å². The van der Waals surface area contributed by atoms with Gasteiger partial charge >= 0.3 is 0 Å². The quantitative estimate of drug-likeness (QED) is 0.198. The van der Waals surface area contributed by atoms with Gasteiger partial charge < -0.3 is 0 Å². The molecule has 5 aromatic heterocycles. The highest BCUT2D eigenvalue weighted by Crippen LogP contribution is 2.39. The molecule has 6 aromatic rings. The summed E-state index contributed by atoms with van der Waals surface area (Å²) in [7, 11) is 0. The molecule has 6 nitrogen and oxygen atoms in total. The Morgan fingerprint density at radius 1 is 0.512 bits per heavy atom. The summed E-state index contributed by atoms with van der Waals surface area (Å²) in [6.45, 7) is 0. The molecule has 1 aliphatic rings. The van der Waals surface area contributed by atoms with Crippen molar-refractivity contribution < 1.29 is 0 Å². The normalized spacial score (nSPS) is 12.9. The van der Waals surface area contributed by atoms with Gasteiger partial charge in [0.15, 0.2) is 0 Å². The van der Waals surface area contributed by atoms with Crippen LogP contribution in [0.2, 0.25) is 5.02 Å². The molecular formula is C36H25ClN6. The standard InChI is InChI=1S/C36H25ClN6/c37-36-25(28-14-8-17-34(42-28)31-11-2-5-20-39-31)22-24(27-13-7-16-33(41-27)30-10-1-4-19-38-30)23-26(36)29-15-9-18-35(43-29)32-12-3-6-21-40-32/h1-6,8-12,14-23H,7,13H2. The molecule has 0 unspecified atom stereocenters. The largest absolute Gasteiger partial charge is 0.255 e. The van der Waals surface area contributed by atoms with E-state index in [4.69, 9.17) is 26.6 Å². The minimum atomic E-state index is 0.567. The second-order valence-electron chi connectivity index (χ2n) is 10.0. The summed E-state index contributed by atoms with van der Waals surface area (Å²) in [5.74, 6) is 0. The summed E-state index contributed by atoms with van der Waals surface area (Å²) >= 11 is 7.24. The van der Waals surface area contributed by atoms with Crippen molar-refractivity contribution >= 4 is 23.0 Å². The third kappa shape index (κ3) is 5.61. The van der Waals surface area contributed by atoms with Crippen molar-refractivity contribution in [1.82, 2.24) is 24.9 Å². The summed E-state index contributed by atoms with van der Waals surface area (Å²) in [6, 6.07) is 33.5. The first-order chi connectivity index (χ1) is 21.2. The van der Waals surface area contributed by atoms with Crippen LogP contribution in [0.15, 0.2) is 133 Å². The van der Waals surface area contributed by atoms with Gasteiger partial charge in [0.1, 0.15) is 0 Å². The van der Waals surface area contributed by atoms with Gasteiger partial charge in [0.2, 0.25) is 0 Å². The summed E-state index contributed by atoms with van der Waals surface area (Å²) in [5.41, 5.74) is 9.86. The smallest absolute Gasteiger partial charge is 0.0893 e. The number of aromatic nitrogens is 5. The Labute approximate surface area is 254 Å². The second-order valence-corrected chi connectivity index (χ2v) is 10.4. The molecule has 0 aliphatic carbocycles. The van der Waals surface area contributed by atoms with Crippen molar-refractivity contribution in [3.63, 3.8) is 0 Å². The van der Waals surface area contributed by atoms with E-state index >= 15 is 0 Å². The number of aliphatic imine (C=N–C) groups is 1. The van der Waals surface area contributed by atoms with E-state index in [9.17, 15) is 0 Å². The van der Waals surface area contributed by atoms with Crippen molar-refractivity contribution in [3.8, 4) is 45.3 Å². The van der Waals surface area contributed by atoms with Crippen LogP contribution in [0.1, 0.15) is 24.1 Å². The number of hydrogen-bond donors (Lipinski definition) is 0. The van der Waals surface area contributed by atoms with E-state index < -0.39 is 0 Å². The molecule has 0 amide bonds. The van der Waals surface area contributed by atoms with Crippen LogP contribution in [-0.2, 0) is 0 Å². The molecule has 6 heterocycles. The van der Waals surface area contributed by atoms with Crippen LogP contribution in [-0.4, -0.2) is 30.6 Å². The van der Waals surface area contributed by atoms with Gasteiger partial charge in [-0.1, -0.05) is 48.0 Å². The second kappa shape index (κ2) is 11.9. The van der Waals surface area contributed by atoms with Gasteiger partial charge in [0, 0.05) is 35.4 Å². The van der Waals surface area contributed by atoms with Gasteiger partial charge in [-0.3, -0.25) is 19.9 Å². The molecule has 1 aliphatic heterocycles. The highest BCUT2D eigenvalue weighted by molar-refractivity contribution is 6.36. The van der Waals surface area contributed by atoms with Gasteiger partial charge in [-0.15, -0.1) is 0 Å². The molecule has 0 fully saturated rings. The van der Waals surface area contributed by atoms with Gasteiger partial charge in [-0.05, 0) is 91.2 Å². The number of rotatable bonds is 6. The lowest BCUT2D eigenvalue weighted by atomic mass is 9.94. The number of benzene rings is 1. The predicted octanol–water partition coefficient (Wildman–Crippen LogP) is 8.61. The molecule has 0 radical (unpaired) electrons. The lowest BCUT2D eigenvalue weighted by Crippen LogP contribution is -2.07. The average molecular weight is 577 g/mol. The number of allylic oxidation sites excluding steroid dienone is 1. The van der Waals surface area contributed by atoms with Crippen molar-refractivity contribution in [2.75, 3.05) is 0 Å². The van der Waals surface area contributed by atoms with E-state index in [0.29, 0.717) is 5.02 Å². The van der Waals surface area contributed by atoms with Crippen molar-refractivity contribution in [2.24, 2.45) is 4.99 Å². The van der Waals surface area contributed by atoms with Crippen molar-refractivity contribution in [1.29, 1.82) is 0 Å². The summed E-state index contributed by atoms with van der Waals surface area (Å²) in [4.78, 5) is 28.5. The maximum Gasteiger partial charge on any atom is 0.0893 e. The zero-order chi connectivity index (χ0) is 29.0. The molecule has 0 N–H and O–H groups in total. The van der Waals surface area contributed by atoms with Crippen LogP contribution in [0.5, 0.6) is 0 Å². The van der Waals surface area contributed by atoms with Crippen molar-refractivity contribution in [2.45, 2.75) is 12.8 Å². The SMILES string of the molecule is Clc1c(-c2cccc(-c3ccccn3)n2)cc(C2=NC(c3ccccn3)=CCC2)cc1-c1cccc(-c2ccccn2)n1. The molecule has 0 saturated carbocycles. The monoisotopic (exact) mass is 576 g/mol. The van der Waals surface area contributed by atoms with Crippen LogP contribution in [0.25, 0.3) is 51.0 Å². The Balaban J connectivity index is 1.40. The van der Waals surface area contributed by atoms with Gasteiger partial charge in [0.25, 0.3) is 0 Å². The van der Waals surface area contributed by atoms with Gasteiger partial charge in [-0.25, -0.2) is 9.97 Å². The Kier molecular flexibility index (Phi) is 7.34. The van der Waals surface area contributed by atoms with Crippen LogP contribution in [0, 0.1) is 0 Å². The predicted molar refractivity (Wildman–Crippen MR) is 172 cm³/mol. The maximum atomic E-state index is 7.24. The minimum Gasteiger partial charge on any atom is -0.255 e. The molecule has 7 heteroatoms. The van der Waals surface area contributed by atoms with E-state index in [-0.39, 0.29) is 0 Å². The fourth-order valence-electron chi connectivity index (χ4n) is 5.12. The average Bonchev–Trinajstić information content (AvgIpc) is 3.10. The fraction of sp³-hybridized carbons (Fsp3) is 0.0556. The zero-order valence-electron chi connectivity index (χ0n) is 23.1. The topological polar surface area (TPSA) is 76.8 Å². The maximum absolute atomic E-state index is 7.24. The minimum absolute atomic E-state index is 0.567.